The third-order valence-electron chi connectivity index (χ3n) is 4.71. The van der Waals surface area contributed by atoms with Gasteiger partial charge in [-0.2, -0.15) is 0 Å². The van der Waals surface area contributed by atoms with Crippen LogP contribution in [-0.4, -0.2) is 34.0 Å². The number of amides is 1. The number of rotatable bonds is 6. The predicted octanol–water partition coefficient (Wildman–Crippen LogP) is 3.37. The quantitative estimate of drug-likeness (QED) is 0.811. The third kappa shape index (κ3) is 4.83. The van der Waals surface area contributed by atoms with Gasteiger partial charge in [0.1, 0.15) is 0 Å². The number of halogens is 1. The second-order valence-electron chi connectivity index (χ2n) is 7.27. The van der Waals surface area contributed by atoms with Crippen molar-refractivity contribution >= 4 is 17.5 Å². The largest absolute Gasteiger partial charge is 0.344 e. The predicted molar refractivity (Wildman–Crippen MR) is 102 cm³/mol. The van der Waals surface area contributed by atoms with Crippen molar-refractivity contribution in [2.75, 3.05) is 13.1 Å². The normalized spacial score (nSPS) is 16.6. The van der Waals surface area contributed by atoms with E-state index in [2.05, 4.69) is 34.8 Å². The summed E-state index contributed by atoms with van der Waals surface area (Å²) in [6.45, 7) is 6.23. The zero-order chi connectivity index (χ0) is 18.5. The molecular formula is C19H26ClN5O. The van der Waals surface area contributed by atoms with Crippen molar-refractivity contribution in [3.63, 3.8) is 0 Å². The molecule has 2 N–H and O–H groups in total. The lowest BCUT2D eigenvalue weighted by Gasteiger charge is -2.22. The Morgan fingerprint density at radius 3 is 2.65 bits per heavy atom. The van der Waals surface area contributed by atoms with E-state index in [1.54, 1.807) is 6.20 Å². The van der Waals surface area contributed by atoms with E-state index in [0.717, 1.165) is 37.9 Å². The van der Waals surface area contributed by atoms with Crippen LogP contribution in [0.25, 0.3) is 0 Å². The molecule has 0 bridgehead atoms. The molecule has 2 aromatic rings. The van der Waals surface area contributed by atoms with Crippen molar-refractivity contribution in [3.05, 3.63) is 46.7 Å². The second kappa shape index (κ2) is 8.64. The van der Waals surface area contributed by atoms with E-state index in [-0.39, 0.29) is 11.9 Å². The maximum atomic E-state index is 12.7. The smallest absolute Gasteiger partial charge is 0.273 e. The van der Waals surface area contributed by atoms with Crippen LogP contribution in [0.4, 0.5) is 0 Å². The van der Waals surface area contributed by atoms with Gasteiger partial charge in [0, 0.05) is 5.02 Å². The number of hydrogen-bond acceptors (Lipinski definition) is 4. The molecule has 1 atom stereocenters. The number of nitrogens with one attached hydrogen (secondary N) is 2. The first-order valence-electron chi connectivity index (χ1n) is 9.22. The molecule has 1 aromatic heterocycles. The van der Waals surface area contributed by atoms with Crippen molar-refractivity contribution in [2.45, 2.75) is 45.2 Å². The lowest BCUT2D eigenvalue weighted by Crippen LogP contribution is -2.30. The number of nitrogens with zero attached hydrogens (tertiary/aromatic N) is 3. The zero-order valence-electron chi connectivity index (χ0n) is 15.3. The topological polar surface area (TPSA) is 71.8 Å². The lowest BCUT2D eigenvalue weighted by atomic mass is 9.97. The van der Waals surface area contributed by atoms with Crippen LogP contribution in [-0.2, 0) is 0 Å². The van der Waals surface area contributed by atoms with Crippen molar-refractivity contribution in [1.29, 1.82) is 0 Å². The van der Waals surface area contributed by atoms with E-state index < -0.39 is 0 Å². The monoisotopic (exact) mass is 375 g/mol. The fourth-order valence-electron chi connectivity index (χ4n) is 3.31. The van der Waals surface area contributed by atoms with Crippen LogP contribution in [0.1, 0.15) is 61.2 Å². The Kier molecular flexibility index (Phi) is 6.27. The average molecular weight is 376 g/mol. The summed E-state index contributed by atoms with van der Waals surface area (Å²) < 4.78 is 1.83. The summed E-state index contributed by atoms with van der Waals surface area (Å²) in [5, 5.41) is 15.4. The Hall–Kier alpha value is -1.92. The van der Waals surface area contributed by atoms with E-state index in [4.69, 9.17) is 11.6 Å². The molecule has 26 heavy (non-hydrogen) atoms. The molecule has 0 saturated carbocycles. The van der Waals surface area contributed by atoms with Gasteiger partial charge < -0.3 is 10.6 Å². The molecule has 1 unspecified atom stereocenters. The Labute approximate surface area is 159 Å². The summed E-state index contributed by atoms with van der Waals surface area (Å²) in [7, 11) is 0. The van der Waals surface area contributed by atoms with Gasteiger partial charge in [0.2, 0.25) is 0 Å². The number of hydrogen-bond donors (Lipinski definition) is 2. The second-order valence-corrected chi connectivity index (χ2v) is 7.71. The third-order valence-corrected chi connectivity index (χ3v) is 4.96. The number of aromatic nitrogens is 3. The Balaban J connectivity index is 1.71. The molecule has 0 radical (unpaired) electrons. The molecule has 1 aromatic carbocycles. The van der Waals surface area contributed by atoms with Gasteiger partial charge >= 0.3 is 0 Å². The molecule has 1 aliphatic heterocycles. The lowest BCUT2D eigenvalue weighted by molar-refractivity contribution is 0.0926. The molecule has 3 rings (SSSR count). The minimum absolute atomic E-state index is 0.0798. The summed E-state index contributed by atoms with van der Waals surface area (Å²) in [4.78, 5) is 12.7. The van der Waals surface area contributed by atoms with Crippen LogP contribution < -0.4 is 10.6 Å². The van der Waals surface area contributed by atoms with Gasteiger partial charge in [-0.1, -0.05) is 42.8 Å². The maximum absolute atomic E-state index is 12.7. The van der Waals surface area contributed by atoms with Crippen molar-refractivity contribution in [2.24, 2.45) is 5.92 Å². The van der Waals surface area contributed by atoms with E-state index in [1.807, 2.05) is 28.9 Å². The minimum Gasteiger partial charge on any atom is -0.344 e. The van der Waals surface area contributed by atoms with Gasteiger partial charge in [0.05, 0.1) is 18.3 Å². The number of carbonyl (C=O) groups excluding carboxylic acids is 1. The summed E-state index contributed by atoms with van der Waals surface area (Å²) in [6.07, 6.45) is 4.62. The molecule has 1 fully saturated rings. The van der Waals surface area contributed by atoms with Crippen LogP contribution in [0.15, 0.2) is 30.5 Å². The minimum atomic E-state index is -0.189. The van der Waals surface area contributed by atoms with Crippen LogP contribution in [0.3, 0.4) is 0 Å². The van der Waals surface area contributed by atoms with Crippen LogP contribution >= 0.6 is 11.6 Å². The summed E-state index contributed by atoms with van der Waals surface area (Å²) in [5.41, 5.74) is 1.41. The molecule has 1 amide bonds. The highest BCUT2D eigenvalue weighted by Gasteiger charge is 2.21. The zero-order valence-corrected chi connectivity index (χ0v) is 16.0. The molecule has 0 spiro atoms. The molecule has 1 aliphatic rings. The fourth-order valence-corrected chi connectivity index (χ4v) is 3.43. The van der Waals surface area contributed by atoms with Gasteiger partial charge in [-0.25, -0.2) is 4.68 Å². The molecule has 2 heterocycles. The van der Waals surface area contributed by atoms with E-state index in [0.29, 0.717) is 22.7 Å². The highest BCUT2D eigenvalue weighted by Crippen LogP contribution is 2.23. The fraction of sp³-hybridized carbons (Fsp3) is 0.526. The molecule has 1 saturated heterocycles. The van der Waals surface area contributed by atoms with Crippen LogP contribution in [0.5, 0.6) is 0 Å². The molecule has 7 heteroatoms. The summed E-state index contributed by atoms with van der Waals surface area (Å²) in [6, 6.07) is 7.85. The Morgan fingerprint density at radius 2 is 2.00 bits per heavy atom. The van der Waals surface area contributed by atoms with Crippen molar-refractivity contribution in [1.82, 2.24) is 25.6 Å². The van der Waals surface area contributed by atoms with Crippen molar-refractivity contribution < 1.29 is 4.79 Å². The first kappa shape index (κ1) is 18.9. The SMILES string of the molecule is CC(C)CC(NC(=O)c1cn(C2CCNCC2)nn1)c1ccc(Cl)cc1. The van der Waals surface area contributed by atoms with Crippen LogP contribution in [0.2, 0.25) is 5.02 Å². The van der Waals surface area contributed by atoms with Crippen LogP contribution in [0, 0.1) is 5.92 Å². The van der Waals surface area contributed by atoms with Gasteiger partial charge in [0.25, 0.3) is 5.91 Å². The molecule has 0 aliphatic carbocycles. The first-order chi connectivity index (χ1) is 12.5. The van der Waals surface area contributed by atoms with Gasteiger partial charge in [-0.3, -0.25) is 4.79 Å². The highest BCUT2D eigenvalue weighted by molar-refractivity contribution is 6.30. The summed E-state index contributed by atoms with van der Waals surface area (Å²) in [5.74, 6) is 0.257. The van der Waals surface area contributed by atoms with Gasteiger partial charge in [-0.05, 0) is 56.0 Å². The van der Waals surface area contributed by atoms with Gasteiger partial charge in [0.15, 0.2) is 5.69 Å². The molecule has 140 valence electrons. The Bertz CT molecular complexity index is 722. The highest BCUT2D eigenvalue weighted by atomic mass is 35.5. The first-order valence-corrected chi connectivity index (χ1v) is 9.59. The van der Waals surface area contributed by atoms with E-state index in [1.165, 1.54) is 0 Å². The standard InChI is InChI=1S/C19H26ClN5O/c1-13(2)11-17(14-3-5-15(20)6-4-14)22-19(26)18-12-25(24-23-18)16-7-9-21-10-8-16/h3-6,12-13,16-17,21H,7-11H2,1-2H3,(H,22,26). The maximum Gasteiger partial charge on any atom is 0.273 e. The van der Waals surface area contributed by atoms with E-state index in [9.17, 15) is 4.79 Å². The molecule has 6 nitrogen and oxygen atoms in total. The van der Waals surface area contributed by atoms with Crippen molar-refractivity contribution in [3.8, 4) is 0 Å². The number of benzene rings is 1. The molecular weight excluding hydrogens is 350 g/mol. The van der Waals surface area contributed by atoms with Gasteiger partial charge in [-0.15, -0.1) is 5.10 Å². The summed E-state index contributed by atoms with van der Waals surface area (Å²) >= 11 is 5.99. The number of piperidine rings is 1. The van der Waals surface area contributed by atoms with E-state index >= 15 is 0 Å². The average Bonchev–Trinajstić information content (AvgIpc) is 3.12. The number of carbonyl (C=O) groups is 1. The Morgan fingerprint density at radius 1 is 1.31 bits per heavy atom.